The molecule has 8 heteroatoms. The Bertz CT molecular complexity index is 843. The van der Waals surface area contributed by atoms with E-state index >= 15 is 0 Å². The molecule has 1 aromatic heterocycles. The van der Waals surface area contributed by atoms with Crippen molar-refractivity contribution in [1.29, 1.82) is 0 Å². The molecule has 3 N–H and O–H groups in total. The van der Waals surface area contributed by atoms with Gasteiger partial charge in [0.2, 0.25) is 5.91 Å². The number of carbonyl (C=O) groups excluding carboxylic acids is 2. The number of nitrogens with one attached hydrogen (secondary N) is 2. The molecule has 0 aliphatic heterocycles. The number of hydrogen-bond acceptors (Lipinski definition) is 4. The van der Waals surface area contributed by atoms with Crippen LogP contribution in [0.15, 0.2) is 22.6 Å². The smallest absolute Gasteiger partial charge is 0.326 e. The van der Waals surface area contributed by atoms with Crippen LogP contribution in [0, 0.1) is 18.7 Å². The van der Waals surface area contributed by atoms with E-state index in [2.05, 4.69) is 10.6 Å². The van der Waals surface area contributed by atoms with Crippen LogP contribution in [0.5, 0.6) is 0 Å². The highest BCUT2D eigenvalue weighted by Crippen LogP contribution is 2.25. The maximum atomic E-state index is 13.3. The molecule has 140 valence electrons. The van der Waals surface area contributed by atoms with Crippen LogP contribution in [0.25, 0.3) is 11.0 Å². The lowest BCUT2D eigenvalue weighted by Crippen LogP contribution is -2.46. The zero-order valence-electron chi connectivity index (χ0n) is 14.8. The Labute approximate surface area is 149 Å². The van der Waals surface area contributed by atoms with E-state index in [0.29, 0.717) is 16.5 Å². The number of rotatable bonds is 7. The van der Waals surface area contributed by atoms with Crippen molar-refractivity contribution in [3.63, 3.8) is 0 Å². The van der Waals surface area contributed by atoms with Gasteiger partial charge in [-0.25, -0.2) is 9.18 Å². The minimum atomic E-state index is -1.13. The fourth-order valence-electron chi connectivity index (χ4n) is 2.59. The monoisotopic (exact) mass is 364 g/mol. The molecule has 0 bridgehead atoms. The van der Waals surface area contributed by atoms with E-state index in [-0.39, 0.29) is 18.1 Å². The number of amides is 2. The number of aryl methyl sites for hydroxylation is 1. The normalized spacial score (nSPS) is 12.2. The highest BCUT2D eigenvalue weighted by Gasteiger charge is 2.22. The molecule has 2 amide bonds. The van der Waals surface area contributed by atoms with Crippen molar-refractivity contribution < 1.29 is 28.3 Å². The summed E-state index contributed by atoms with van der Waals surface area (Å²) in [6.07, 6.45) is 0.281. The lowest BCUT2D eigenvalue weighted by molar-refractivity contribution is -0.142. The third-order valence-electron chi connectivity index (χ3n) is 3.85. The number of carboxylic acids is 1. The van der Waals surface area contributed by atoms with Gasteiger partial charge in [-0.05, 0) is 37.5 Å². The summed E-state index contributed by atoms with van der Waals surface area (Å²) in [6, 6.07) is 2.89. The summed E-state index contributed by atoms with van der Waals surface area (Å²) in [5.41, 5.74) is 0.821. The molecular formula is C18H21FN2O5. The van der Waals surface area contributed by atoms with Crippen LogP contribution in [0.4, 0.5) is 4.39 Å². The first-order valence-electron chi connectivity index (χ1n) is 8.18. The molecule has 0 saturated carbocycles. The SMILES string of the molecule is Cc1c(C(=O)NCC(=O)N[C@@H](CC(C)C)C(=O)O)oc2ccc(F)cc12. The molecule has 0 unspecified atom stereocenters. The summed E-state index contributed by atoms with van der Waals surface area (Å²) in [6.45, 7) is 4.91. The minimum absolute atomic E-state index is 0.0182. The first-order valence-corrected chi connectivity index (χ1v) is 8.18. The van der Waals surface area contributed by atoms with Gasteiger partial charge in [0.15, 0.2) is 5.76 Å². The van der Waals surface area contributed by atoms with Crippen LogP contribution in [0.3, 0.4) is 0 Å². The number of fused-ring (bicyclic) bond motifs is 1. The van der Waals surface area contributed by atoms with Crippen molar-refractivity contribution in [3.05, 3.63) is 35.3 Å². The third kappa shape index (κ3) is 4.59. The van der Waals surface area contributed by atoms with Crippen LogP contribution in [0.1, 0.15) is 36.4 Å². The van der Waals surface area contributed by atoms with Crippen LogP contribution < -0.4 is 10.6 Å². The largest absolute Gasteiger partial charge is 0.480 e. The Balaban J connectivity index is 2.01. The summed E-state index contributed by atoms with van der Waals surface area (Å²) in [5, 5.41) is 14.3. The van der Waals surface area contributed by atoms with E-state index in [1.165, 1.54) is 18.2 Å². The Morgan fingerprint density at radius 1 is 1.27 bits per heavy atom. The maximum Gasteiger partial charge on any atom is 0.326 e. The van der Waals surface area contributed by atoms with E-state index < -0.39 is 36.2 Å². The molecular weight excluding hydrogens is 343 g/mol. The fourth-order valence-corrected chi connectivity index (χ4v) is 2.59. The molecule has 0 saturated heterocycles. The Hall–Kier alpha value is -2.90. The van der Waals surface area contributed by atoms with Crippen molar-refractivity contribution in [1.82, 2.24) is 10.6 Å². The number of furan rings is 1. The summed E-state index contributed by atoms with van der Waals surface area (Å²) in [7, 11) is 0. The number of carbonyl (C=O) groups is 3. The van der Waals surface area contributed by atoms with E-state index in [4.69, 9.17) is 9.52 Å². The van der Waals surface area contributed by atoms with Gasteiger partial charge in [0.05, 0.1) is 6.54 Å². The van der Waals surface area contributed by atoms with Gasteiger partial charge in [0.1, 0.15) is 17.4 Å². The first-order chi connectivity index (χ1) is 12.2. The highest BCUT2D eigenvalue weighted by molar-refractivity contribution is 6.00. The van der Waals surface area contributed by atoms with Gasteiger partial charge >= 0.3 is 5.97 Å². The summed E-state index contributed by atoms with van der Waals surface area (Å²) in [5.74, 6) is -2.76. The van der Waals surface area contributed by atoms with Crippen molar-refractivity contribution in [2.24, 2.45) is 5.92 Å². The van der Waals surface area contributed by atoms with E-state index in [0.717, 1.165) is 0 Å². The maximum absolute atomic E-state index is 13.3. The molecule has 2 rings (SSSR count). The van der Waals surface area contributed by atoms with Crippen LogP contribution in [-0.2, 0) is 9.59 Å². The number of carboxylic acid groups (broad SMARTS) is 1. The number of halogens is 1. The summed E-state index contributed by atoms with van der Waals surface area (Å²) in [4.78, 5) is 35.3. The molecule has 1 aromatic carbocycles. The second-order valence-electron chi connectivity index (χ2n) is 6.47. The predicted molar refractivity (Wildman–Crippen MR) is 92.3 cm³/mol. The number of benzene rings is 1. The molecule has 2 aromatic rings. The molecule has 1 atom stereocenters. The molecule has 0 aliphatic rings. The Kier molecular flexibility index (Phi) is 5.97. The molecule has 0 spiro atoms. The quantitative estimate of drug-likeness (QED) is 0.698. The minimum Gasteiger partial charge on any atom is -0.480 e. The van der Waals surface area contributed by atoms with Crippen LogP contribution in [0.2, 0.25) is 0 Å². The predicted octanol–water partition coefficient (Wildman–Crippen LogP) is 2.23. The van der Waals surface area contributed by atoms with E-state index in [9.17, 15) is 18.8 Å². The lowest BCUT2D eigenvalue weighted by atomic mass is 10.0. The van der Waals surface area contributed by atoms with Crippen LogP contribution >= 0.6 is 0 Å². The topological polar surface area (TPSA) is 109 Å². The van der Waals surface area contributed by atoms with Crippen LogP contribution in [-0.4, -0.2) is 35.5 Å². The summed E-state index contributed by atoms with van der Waals surface area (Å²) < 4.78 is 18.7. The van der Waals surface area contributed by atoms with Gasteiger partial charge in [-0.15, -0.1) is 0 Å². The molecule has 26 heavy (non-hydrogen) atoms. The average Bonchev–Trinajstić information content (AvgIpc) is 2.88. The molecule has 0 radical (unpaired) electrons. The van der Waals surface area contributed by atoms with E-state index in [1.54, 1.807) is 6.92 Å². The molecule has 0 fully saturated rings. The number of hydrogen-bond donors (Lipinski definition) is 3. The third-order valence-corrected chi connectivity index (χ3v) is 3.85. The van der Waals surface area contributed by atoms with Gasteiger partial charge in [0, 0.05) is 10.9 Å². The second-order valence-corrected chi connectivity index (χ2v) is 6.47. The van der Waals surface area contributed by atoms with Gasteiger partial charge in [-0.2, -0.15) is 0 Å². The van der Waals surface area contributed by atoms with Gasteiger partial charge < -0.3 is 20.2 Å². The van der Waals surface area contributed by atoms with Crippen molar-refractivity contribution in [2.45, 2.75) is 33.2 Å². The van der Waals surface area contributed by atoms with Crippen molar-refractivity contribution >= 4 is 28.8 Å². The first kappa shape index (κ1) is 19.4. The number of aliphatic carboxylic acids is 1. The Morgan fingerprint density at radius 2 is 1.96 bits per heavy atom. The fraction of sp³-hybridized carbons (Fsp3) is 0.389. The molecule has 7 nitrogen and oxygen atoms in total. The molecule has 1 heterocycles. The van der Waals surface area contributed by atoms with Gasteiger partial charge in [-0.1, -0.05) is 13.8 Å². The Morgan fingerprint density at radius 3 is 2.58 bits per heavy atom. The second kappa shape index (κ2) is 7.99. The van der Waals surface area contributed by atoms with E-state index in [1.807, 2.05) is 13.8 Å². The van der Waals surface area contributed by atoms with Gasteiger partial charge in [0.25, 0.3) is 5.91 Å². The average molecular weight is 364 g/mol. The van der Waals surface area contributed by atoms with Gasteiger partial charge in [-0.3, -0.25) is 9.59 Å². The molecule has 0 aliphatic carbocycles. The summed E-state index contributed by atoms with van der Waals surface area (Å²) >= 11 is 0. The van der Waals surface area contributed by atoms with Crippen molar-refractivity contribution in [3.8, 4) is 0 Å². The zero-order chi connectivity index (χ0) is 19.4. The lowest BCUT2D eigenvalue weighted by Gasteiger charge is -2.16. The highest BCUT2D eigenvalue weighted by atomic mass is 19.1. The van der Waals surface area contributed by atoms with Crippen molar-refractivity contribution in [2.75, 3.05) is 6.54 Å². The zero-order valence-corrected chi connectivity index (χ0v) is 14.8. The standard InChI is InChI=1S/C18H21FN2O5/c1-9(2)6-13(18(24)25)21-15(22)8-20-17(23)16-10(3)12-7-11(19)4-5-14(12)26-16/h4-5,7,9,13H,6,8H2,1-3H3,(H,20,23)(H,21,22)(H,24,25)/t13-/m0/s1.